The van der Waals surface area contributed by atoms with Crippen LogP contribution in [-0.2, 0) is 24.9 Å². The van der Waals surface area contributed by atoms with Crippen LogP contribution in [0.4, 0.5) is 0 Å². The van der Waals surface area contributed by atoms with Gasteiger partial charge in [-0.3, -0.25) is 9.69 Å². The highest BCUT2D eigenvalue weighted by Crippen LogP contribution is 2.32. The van der Waals surface area contributed by atoms with Gasteiger partial charge < -0.3 is 9.30 Å². The number of methoxy groups -OCH3 is 1. The molecule has 0 amide bonds. The van der Waals surface area contributed by atoms with Crippen LogP contribution < -0.4 is 5.43 Å². The van der Waals surface area contributed by atoms with Gasteiger partial charge in [0.15, 0.2) is 0 Å². The predicted octanol–water partition coefficient (Wildman–Crippen LogP) is 5.30. The van der Waals surface area contributed by atoms with Crippen molar-refractivity contribution in [2.75, 3.05) is 14.2 Å². The van der Waals surface area contributed by atoms with Crippen LogP contribution in [0.5, 0.6) is 0 Å². The molecular formula is C26H34N2O3. The summed E-state index contributed by atoms with van der Waals surface area (Å²) in [4.78, 5) is 26.9. The number of pyridine rings is 1. The van der Waals surface area contributed by atoms with Gasteiger partial charge >= 0.3 is 5.97 Å². The minimum absolute atomic E-state index is 0.0558. The summed E-state index contributed by atoms with van der Waals surface area (Å²) in [5.74, 6) is -0.609. The molecule has 0 spiro atoms. The summed E-state index contributed by atoms with van der Waals surface area (Å²) in [6, 6.07) is 10.4. The van der Waals surface area contributed by atoms with Crippen LogP contribution in [0.15, 0.2) is 41.3 Å². The van der Waals surface area contributed by atoms with Gasteiger partial charge in [-0.15, -0.1) is 0 Å². The summed E-state index contributed by atoms with van der Waals surface area (Å²) < 4.78 is 6.58. The highest BCUT2D eigenvalue weighted by atomic mass is 16.5. The third-order valence-corrected chi connectivity index (χ3v) is 5.40. The van der Waals surface area contributed by atoms with E-state index in [2.05, 4.69) is 30.1 Å². The molecule has 4 rings (SSSR count). The molecule has 5 nitrogen and oxygen atoms in total. The largest absolute Gasteiger partial charge is 0.465 e. The lowest BCUT2D eigenvalue weighted by Gasteiger charge is -2.15. The van der Waals surface area contributed by atoms with E-state index in [1.165, 1.54) is 18.2 Å². The van der Waals surface area contributed by atoms with Gasteiger partial charge in [-0.1, -0.05) is 45.9 Å². The van der Waals surface area contributed by atoms with E-state index >= 15 is 0 Å². The number of nitrogens with zero attached hydrogens (tertiary/aromatic N) is 2. The zero-order valence-corrected chi connectivity index (χ0v) is 20.0. The Morgan fingerprint density at radius 3 is 2.26 bits per heavy atom. The molecular weight excluding hydrogens is 388 g/mol. The molecule has 1 aromatic heterocycles. The van der Waals surface area contributed by atoms with Crippen molar-refractivity contribution in [3.63, 3.8) is 0 Å². The van der Waals surface area contributed by atoms with E-state index in [0.717, 1.165) is 35.3 Å². The normalized spacial score (nSPS) is 12.4. The molecule has 0 saturated carbocycles. The molecule has 1 aliphatic heterocycles. The van der Waals surface area contributed by atoms with Gasteiger partial charge in [0, 0.05) is 31.7 Å². The molecule has 5 heteroatoms. The van der Waals surface area contributed by atoms with Gasteiger partial charge in [-0.05, 0) is 53.9 Å². The Hall–Kier alpha value is -2.92. The third-order valence-electron chi connectivity index (χ3n) is 5.40. The van der Waals surface area contributed by atoms with Gasteiger partial charge in [0.2, 0.25) is 5.43 Å². The Morgan fingerprint density at radius 2 is 1.61 bits per heavy atom. The fraction of sp³-hybridized carbons (Fsp3) is 0.385. The molecule has 2 aromatic carbocycles. The quantitative estimate of drug-likeness (QED) is 0.526. The van der Waals surface area contributed by atoms with Crippen molar-refractivity contribution in [1.29, 1.82) is 0 Å². The molecule has 166 valence electrons. The highest BCUT2D eigenvalue weighted by Gasteiger charge is 2.19. The Balaban J connectivity index is 0.000000807. The molecule has 0 saturated heterocycles. The summed E-state index contributed by atoms with van der Waals surface area (Å²) in [5, 5.41) is 0.530. The van der Waals surface area contributed by atoms with E-state index < -0.39 is 5.97 Å². The molecule has 2 heterocycles. The number of benzene rings is 2. The van der Waals surface area contributed by atoms with E-state index in [9.17, 15) is 9.59 Å². The van der Waals surface area contributed by atoms with Crippen LogP contribution in [0.25, 0.3) is 22.0 Å². The maximum atomic E-state index is 12.8. The number of aryl methyl sites for hydroxylation is 2. The van der Waals surface area contributed by atoms with Crippen LogP contribution in [-0.4, -0.2) is 29.6 Å². The topological polar surface area (TPSA) is 51.5 Å². The van der Waals surface area contributed by atoms with Crippen molar-refractivity contribution in [3.8, 4) is 11.1 Å². The number of ether oxygens (including phenoxy) is 1. The van der Waals surface area contributed by atoms with Crippen molar-refractivity contribution in [2.24, 2.45) is 7.05 Å². The number of esters is 1. The van der Waals surface area contributed by atoms with Gasteiger partial charge in [0.25, 0.3) is 0 Å². The second kappa shape index (κ2) is 10.4. The molecule has 0 N–H and O–H groups in total. The van der Waals surface area contributed by atoms with Crippen LogP contribution in [0, 0.1) is 6.92 Å². The fourth-order valence-electron chi connectivity index (χ4n) is 4.10. The molecule has 3 aromatic rings. The molecule has 0 bridgehead atoms. The first-order valence-electron chi connectivity index (χ1n) is 10.9. The lowest BCUT2D eigenvalue weighted by molar-refractivity contribution is 0.0598. The molecule has 0 aliphatic carbocycles. The van der Waals surface area contributed by atoms with Gasteiger partial charge in [-0.25, -0.2) is 4.79 Å². The Kier molecular flexibility index (Phi) is 8.17. The molecule has 31 heavy (non-hydrogen) atoms. The van der Waals surface area contributed by atoms with E-state index in [-0.39, 0.29) is 11.0 Å². The second-order valence-electron chi connectivity index (χ2n) is 7.26. The summed E-state index contributed by atoms with van der Waals surface area (Å²) in [6.07, 6.45) is 1.56. The summed E-state index contributed by atoms with van der Waals surface area (Å²) in [6.45, 7) is 12.0. The molecule has 0 radical (unpaired) electrons. The van der Waals surface area contributed by atoms with Gasteiger partial charge in [0.05, 0.1) is 12.6 Å². The smallest absolute Gasteiger partial charge is 0.343 e. The number of carbonyl (C=O) groups is 1. The number of hydrogen-bond donors (Lipinski definition) is 0. The van der Waals surface area contributed by atoms with Crippen LogP contribution in [0.1, 0.15) is 54.7 Å². The van der Waals surface area contributed by atoms with Crippen molar-refractivity contribution in [1.82, 2.24) is 9.47 Å². The number of aromatic nitrogens is 1. The average Bonchev–Trinajstić information content (AvgIpc) is 3.17. The zero-order valence-electron chi connectivity index (χ0n) is 20.0. The average molecular weight is 423 g/mol. The molecule has 0 fully saturated rings. The Labute approximate surface area is 185 Å². The van der Waals surface area contributed by atoms with Crippen LogP contribution in [0.3, 0.4) is 0 Å². The first-order valence-corrected chi connectivity index (χ1v) is 10.9. The number of fused-ring (bicyclic) bond motifs is 2. The first kappa shape index (κ1) is 24.4. The Morgan fingerprint density at radius 1 is 0.968 bits per heavy atom. The predicted molar refractivity (Wildman–Crippen MR) is 129 cm³/mol. The van der Waals surface area contributed by atoms with Crippen LogP contribution in [0.2, 0.25) is 0 Å². The summed E-state index contributed by atoms with van der Waals surface area (Å²) in [7, 11) is 5.25. The molecule has 0 unspecified atom stereocenters. The molecule has 0 atom stereocenters. The summed E-state index contributed by atoms with van der Waals surface area (Å²) in [5.41, 5.74) is 6.59. The van der Waals surface area contributed by atoms with Crippen molar-refractivity contribution >= 4 is 16.9 Å². The van der Waals surface area contributed by atoms with Crippen LogP contribution >= 0.6 is 0 Å². The van der Waals surface area contributed by atoms with Crippen molar-refractivity contribution < 1.29 is 9.53 Å². The van der Waals surface area contributed by atoms with E-state index in [1.807, 2.05) is 58.4 Å². The maximum Gasteiger partial charge on any atom is 0.343 e. The number of rotatable bonds is 2. The minimum Gasteiger partial charge on any atom is -0.465 e. The fourth-order valence-corrected chi connectivity index (χ4v) is 4.10. The minimum atomic E-state index is -0.609. The molecule has 1 aliphatic rings. The SMILES string of the molecule is CC.CC.COC(=O)c1cn(C)c2c(C)c(-c3ccc4c(c3)CN(C)C4)ccc2c1=O. The third kappa shape index (κ3) is 4.57. The Bertz CT molecular complexity index is 1150. The van der Waals surface area contributed by atoms with E-state index in [4.69, 9.17) is 4.74 Å². The van der Waals surface area contributed by atoms with Crippen molar-refractivity contribution in [2.45, 2.75) is 47.7 Å². The number of hydrogen-bond acceptors (Lipinski definition) is 4. The van der Waals surface area contributed by atoms with E-state index in [1.54, 1.807) is 6.20 Å². The summed E-state index contributed by atoms with van der Waals surface area (Å²) >= 11 is 0. The highest BCUT2D eigenvalue weighted by molar-refractivity contribution is 5.96. The first-order chi connectivity index (χ1) is 14.9. The zero-order chi connectivity index (χ0) is 23.3. The van der Waals surface area contributed by atoms with E-state index in [0.29, 0.717) is 5.39 Å². The van der Waals surface area contributed by atoms with Crippen molar-refractivity contribution in [3.05, 3.63) is 69.0 Å². The van der Waals surface area contributed by atoms with Gasteiger partial charge in [0.1, 0.15) is 5.56 Å². The maximum absolute atomic E-state index is 12.8. The second-order valence-corrected chi connectivity index (χ2v) is 7.26. The monoisotopic (exact) mass is 422 g/mol. The lowest BCUT2D eigenvalue weighted by atomic mass is 9.94. The lowest BCUT2D eigenvalue weighted by Crippen LogP contribution is -2.19. The number of carbonyl (C=O) groups excluding carboxylic acids is 1. The standard InChI is InChI=1S/C22H22N2O3.2C2H6/c1-13-17(14-5-6-15-10-23(2)11-16(15)9-14)7-8-18-20(13)24(3)12-19(21(18)25)22(26)27-4;2*1-2/h5-9,12H,10-11H2,1-4H3;2*1-2H3. The van der Waals surface area contributed by atoms with Gasteiger partial charge in [-0.2, -0.15) is 0 Å².